The lowest BCUT2D eigenvalue weighted by Crippen LogP contribution is -2.53. The zero-order valence-electron chi connectivity index (χ0n) is 15.8. The van der Waals surface area contributed by atoms with Gasteiger partial charge in [0, 0.05) is 13.1 Å². The Labute approximate surface area is 156 Å². The summed E-state index contributed by atoms with van der Waals surface area (Å²) in [7, 11) is 0. The predicted octanol–water partition coefficient (Wildman–Crippen LogP) is 2.05. The van der Waals surface area contributed by atoms with Crippen molar-refractivity contribution < 1.29 is 9.59 Å². The third kappa shape index (κ3) is 4.64. The van der Waals surface area contributed by atoms with Crippen molar-refractivity contribution in [1.29, 1.82) is 0 Å². The second kappa shape index (κ2) is 8.67. The molecule has 2 aliphatic rings. The SMILES string of the molecule is C[C@H](C(=O)N1CCC[C@@H](C(N)=O)C1)N1CCC(Cc2ccccc2)CC1. The van der Waals surface area contributed by atoms with Crippen LogP contribution in [-0.4, -0.2) is 53.8 Å². The van der Waals surface area contributed by atoms with Crippen molar-refractivity contribution in [2.45, 2.75) is 45.1 Å². The van der Waals surface area contributed by atoms with Crippen LogP contribution in [0.3, 0.4) is 0 Å². The highest BCUT2D eigenvalue weighted by atomic mass is 16.2. The van der Waals surface area contributed by atoms with E-state index in [2.05, 4.69) is 35.2 Å². The van der Waals surface area contributed by atoms with Gasteiger partial charge in [0.15, 0.2) is 0 Å². The molecule has 0 radical (unpaired) electrons. The molecule has 0 spiro atoms. The summed E-state index contributed by atoms with van der Waals surface area (Å²) in [6, 6.07) is 10.5. The van der Waals surface area contributed by atoms with Crippen molar-refractivity contribution in [2.24, 2.45) is 17.6 Å². The van der Waals surface area contributed by atoms with Crippen LogP contribution in [0.25, 0.3) is 0 Å². The molecule has 0 saturated carbocycles. The molecule has 2 aliphatic heterocycles. The molecule has 2 amide bonds. The normalized spacial score (nSPS) is 23.6. The maximum Gasteiger partial charge on any atom is 0.239 e. The van der Waals surface area contributed by atoms with Gasteiger partial charge in [-0.05, 0) is 63.6 Å². The number of carbonyl (C=O) groups excluding carboxylic acids is 2. The summed E-state index contributed by atoms with van der Waals surface area (Å²) in [5.74, 6) is 0.385. The summed E-state index contributed by atoms with van der Waals surface area (Å²) in [5, 5.41) is 0. The average molecular weight is 357 g/mol. The van der Waals surface area contributed by atoms with E-state index in [1.807, 2.05) is 11.8 Å². The zero-order valence-corrected chi connectivity index (χ0v) is 15.8. The van der Waals surface area contributed by atoms with Crippen LogP contribution in [0.15, 0.2) is 30.3 Å². The second-order valence-corrected chi connectivity index (χ2v) is 7.87. The molecule has 2 atom stereocenters. The molecule has 1 aromatic rings. The summed E-state index contributed by atoms with van der Waals surface area (Å²) in [6.45, 7) is 5.18. The molecule has 2 N–H and O–H groups in total. The lowest BCUT2D eigenvalue weighted by molar-refractivity contribution is -0.140. The van der Waals surface area contributed by atoms with Crippen molar-refractivity contribution in [1.82, 2.24) is 9.80 Å². The first kappa shape index (κ1) is 18.9. The molecule has 0 aliphatic carbocycles. The molecule has 2 saturated heterocycles. The first-order chi connectivity index (χ1) is 12.5. The molecule has 142 valence electrons. The standard InChI is InChI=1S/C21H31N3O2/c1-16(21(26)24-11-5-8-19(15-24)20(22)25)23-12-9-18(10-13-23)14-17-6-3-2-4-7-17/h2-4,6-7,16,18-19H,5,8-15H2,1H3,(H2,22,25)/t16-,19-/m1/s1. The smallest absolute Gasteiger partial charge is 0.239 e. The number of benzene rings is 1. The van der Waals surface area contributed by atoms with Gasteiger partial charge in [-0.1, -0.05) is 30.3 Å². The van der Waals surface area contributed by atoms with Gasteiger partial charge in [-0.2, -0.15) is 0 Å². The van der Waals surface area contributed by atoms with Crippen molar-refractivity contribution in [2.75, 3.05) is 26.2 Å². The number of rotatable bonds is 5. The minimum Gasteiger partial charge on any atom is -0.369 e. The number of nitrogens with two attached hydrogens (primary N) is 1. The predicted molar refractivity (Wildman–Crippen MR) is 102 cm³/mol. The Morgan fingerprint density at radius 2 is 1.81 bits per heavy atom. The van der Waals surface area contributed by atoms with Gasteiger partial charge in [-0.3, -0.25) is 14.5 Å². The van der Waals surface area contributed by atoms with Crippen LogP contribution in [0.4, 0.5) is 0 Å². The maximum absolute atomic E-state index is 12.9. The van der Waals surface area contributed by atoms with Gasteiger partial charge < -0.3 is 10.6 Å². The van der Waals surface area contributed by atoms with Crippen LogP contribution < -0.4 is 5.73 Å². The Morgan fingerprint density at radius 1 is 1.12 bits per heavy atom. The third-order valence-corrected chi connectivity index (χ3v) is 6.06. The number of nitrogens with zero attached hydrogens (tertiary/aromatic N) is 2. The number of hydrogen-bond donors (Lipinski definition) is 1. The van der Waals surface area contributed by atoms with E-state index in [1.54, 1.807) is 0 Å². The molecular formula is C21H31N3O2. The van der Waals surface area contributed by atoms with Crippen LogP contribution in [-0.2, 0) is 16.0 Å². The summed E-state index contributed by atoms with van der Waals surface area (Å²) in [6.07, 6.45) is 5.07. The fraction of sp³-hybridized carbons (Fsp3) is 0.619. The summed E-state index contributed by atoms with van der Waals surface area (Å²) in [5.41, 5.74) is 6.84. The van der Waals surface area contributed by atoms with Crippen LogP contribution >= 0.6 is 0 Å². The van der Waals surface area contributed by atoms with Gasteiger partial charge in [-0.25, -0.2) is 0 Å². The van der Waals surface area contributed by atoms with E-state index in [9.17, 15) is 9.59 Å². The molecule has 5 heteroatoms. The molecule has 2 fully saturated rings. The molecule has 0 aromatic heterocycles. The Morgan fingerprint density at radius 3 is 2.46 bits per heavy atom. The fourth-order valence-corrected chi connectivity index (χ4v) is 4.32. The summed E-state index contributed by atoms with van der Waals surface area (Å²) >= 11 is 0. The van der Waals surface area contributed by atoms with Gasteiger partial charge in [0.2, 0.25) is 11.8 Å². The van der Waals surface area contributed by atoms with Gasteiger partial charge >= 0.3 is 0 Å². The largest absolute Gasteiger partial charge is 0.369 e. The number of amides is 2. The van der Waals surface area contributed by atoms with Gasteiger partial charge in [-0.15, -0.1) is 0 Å². The maximum atomic E-state index is 12.9. The van der Waals surface area contributed by atoms with Crippen LogP contribution in [0.5, 0.6) is 0 Å². The summed E-state index contributed by atoms with van der Waals surface area (Å²) in [4.78, 5) is 28.5. The third-order valence-electron chi connectivity index (χ3n) is 6.06. The van der Waals surface area contributed by atoms with E-state index < -0.39 is 0 Å². The Hall–Kier alpha value is -1.88. The molecule has 0 bridgehead atoms. The lowest BCUT2D eigenvalue weighted by atomic mass is 9.89. The lowest BCUT2D eigenvalue weighted by Gasteiger charge is -2.39. The molecule has 2 heterocycles. The number of primary amides is 1. The number of carbonyl (C=O) groups is 2. The average Bonchev–Trinajstić information content (AvgIpc) is 2.68. The summed E-state index contributed by atoms with van der Waals surface area (Å²) < 4.78 is 0. The van der Waals surface area contributed by atoms with Crippen LogP contribution in [0.2, 0.25) is 0 Å². The quantitative estimate of drug-likeness (QED) is 0.877. The van der Waals surface area contributed by atoms with Gasteiger partial charge in [0.25, 0.3) is 0 Å². The molecule has 3 rings (SSSR count). The molecule has 1 aromatic carbocycles. The number of piperidine rings is 2. The highest BCUT2D eigenvalue weighted by Gasteiger charge is 2.33. The Balaban J connectivity index is 1.49. The molecule has 0 unspecified atom stereocenters. The van der Waals surface area contributed by atoms with Crippen molar-refractivity contribution in [3.05, 3.63) is 35.9 Å². The monoisotopic (exact) mass is 357 g/mol. The van der Waals surface area contributed by atoms with Crippen molar-refractivity contribution in [3.8, 4) is 0 Å². The molecule has 5 nitrogen and oxygen atoms in total. The second-order valence-electron chi connectivity index (χ2n) is 7.87. The highest BCUT2D eigenvalue weighted by molar-refractivity contribution is 5.83. The van der Waals surface area contributed by atoms with Crippen LogP contribution in [0, 0.1) is 11.8 Å². The van der Waals surface area contributed by atoms with Crippen LogP contribution in [0.1, 0.15) is 38.2 Å². The molecular weight excluding hydrogens is 326 g/mol. The first-order valence-electron chi connectivity index (χ1n) is 9.90. The van der Waals surface area contributed by atoms with Crippen molar-refractivity contribution in [3.63, 3.8) is 0 Å². The zero-order chi connectivity index (χ0) is 18.5. The minimum atomic E-state index is -0.281. The topological polar surface area (TPSA) is 66.6 Å². The minimum absolute atomic E-state index is 0.112. The van der Waals surface area contributed by atoms with E-state index in [0.29, 0.717) is 12.5 Å². The number of hydrogen-bond acceptors (Lipinski definition) is 3. The van der Waals surface area contributed by atoms with E-state index in [1.165, 1.54) is 5.56 Å². The first-order valence-corrected chi connectivity index (χ1v) is 9.90. The van der Waals surface area contributed by atoms with E-state index >= 15 is 0 Å². The van der Waals surface area contributed by atoms with Gasteiger partial charge in [0.1, 0.15) is 0 Å². The molecule has 26 heavy (non-hydrogen) atoms. The van der Waals surface area contributed by atoms with Crippen molar-refractivity contribution >= 4 is 11.8 Å². The van der Waals surface area contributed by atoms with E-state index in [0.717, 1.165) is 51.7 Å². The van der Waals surface area contributed by atoms with E-state index in [-0.39, 0.29) is 23.8 Å². The Kier molecular flexibility index (Phi) is 6.30. The van der Waals surface area contributed by atoms with Gasteiger partial charge in [0.05, 0.1) is 12.0 Å². The van der Waals surface area contributed by atoms with E-state index in [4.69, 9.17) is 5.73 Å². The highest BCUT2D eigenvalue weighted by Crippen LogP contribution is 2.24. The number of likely N-dealkylation sites (tertiary alicyclic amines) is 2. The fourth-order valence-electron chi connectivity index (χ4n) is 4.32. The Bertz CT molecular complexity index is 611.